The first kappa shape index (κ1) is 49.2. The van der Waals surface area contributed by atoms with Crippen molar-refractivity contribution in [3.63, 3.8) is 0 Å². The molecule has 0 unspecified atom stereocenters. The number of imide groups is 1. The topological polar surface area (TPSA) is 173 Å². The van der Waals surface area contributed by atoms with Crippen molar-refractivity contribution in [2.75, 3.05) is 97.0 Å². The number of piperidine rings is 2. The maximum absolute atomic E-state index is 15.2. The fourth-order valence-electron chi connectivity index (χ4n) is 10.4. The van der Waals surface area contributed by atoms with Gasteiger partial charge in [0.25, 0.3) is 0 Å². The second-order valence-electron chi connectivity index (χ2n) is 18.3. The number of ether oxygens (including phenoxy) is 1. The number of benzene rings is 3. The third kappa shape index (κ3) is 9.79. The summed E-state index contributed by atoms with van der Waals surface area (Å²) in [6, 6.07) is 8.84. The molecule has 4 aromatic rings. The minimum Gasteiger partial charge on any atom is -0.494 e. The number of amides is 3. The molecule has 6 heterocycles. The van der Waals surface area contributed by atoms with Crippen LogP contribution in [0.25, 0.3) is 0 Å². The number of anilines is 7. The molecule has 16 nitrogen and oxygen atoms in total. The number of hydrogen-bond donors (Lipinski definition) is 3. The van der Waals surface area contributed by atoms with Crippen LogP contribution in [-0.2, 0) is 43.4 Å². The number of rotatable bonds is 12. The SMILES string of the molecule is CCc1cc(Nc2ncc(Br)c(Nc3ccc(C(F)(F)F)c4c3N(S(C)(=O)=O)CC4)n2)c(OC)cc1N1CCC(N2CCN(C(=O)C3CN(c4cc(F)c([C@H]5CCC(=O)NC5=O)c(F)c4)C3)CC2)CC1. The van der Waals surface area contributed by atoms with Crippen LogP contribution in [0.5, 0.6) is 5.75 Å². The summed E-state index contributed by atoms with van der Waals surface area (Å²) in [5.74, 6) is -3.33. The smallest absolute Gasteiger partial charge is 0.416 e. The van der Waals surface area contributed by atoms with Gasteiger partial charge in [-0.15, -0.1) is 0 Å². The zero-order valence-electron chi connectivity index (χ0n) is 38.6. The maximum Gasteiger partial charge on any atom is 0.416 e. The van der Waals surface area contributed by atoms with E-state index >= 15 is 8.78 Å². The average Bonchev–Trinajstić information content (AvgIpc) is 3.77. The van der Waals surface area contributed by atoms with Gasteiger partial charge in [-0.1, -0.05) is 6.92 Å². The predicted molar refractivity (Wildman–Crippen MR) is 257 cm³/mol. The first-order valence-corrected chi connectivity index (χ1v) is 25.8. The molecule has 0 radical (unpaired) electrons. The van der Waals surface area contributed by atoms with Crippen LogP contribution in [0.4, 0.5) is 62.2 Å². The molecule has 3 amide bonds. The number of nitrogens with zero attached hydrogens (tertiary/aromatic N) is 7. The molecular formula is C47H52BrF5N10O6S. The first-order chi connectivity index (χ1) is 33.3. The molecule has 3 N–H and O–H groups in total. The van der Waals surface area contributed by atoms with E-state index in [1.54, 1.807) is 12.0 Å². The Morgan fingerprint density at radius 3 is 2.24 bits per heavy atom. The van der Waals surface area contributed by atoms with Crippen molar-refractivity contribution in [1.29, 1.82) is 0 Å². The first-order valence-electron chi connectivity index (χ1n) is 23.1. The van der Waals surface area contributed by atoms with E-state index in [1.807, 2.05) is 17.0 Å². The molecule has 1 aromatic heterocycles. The third-order valence-corrected chi connectivity index (χ3v) is 15.8. The van der Waals surface area contributed by atoms with E-state index in [1.165, 1.54) is 24.4 Å². The van der Waals surface area contributed by atoms with Crippen molar-refractivity contribution < 1.29 is 49.5 Å². The molecule has 4 fully saturated rings. The highest BCUT2D eigenvalue weighted by Crippen LogP contribution is 2.46. The highest BCUT2D eigenvalue weighted by molar-refractivity contribution is 9.10. The van der Waals surface area contributed by atoms with Crippen LogP contribution in [0.2, 0.25) is 0 Å². The lowest BCUT2D eigenvalue weighted by atomic mass is 9.89. The molecule has 70 heavy (non-hydrogen) atoms. The number of carbonyl (C=O) groups excluding carboxylic acids is 3. The summed E-state index contributed by atoms with van der Waals surface area (Å²) < 4.78 is 105. The Morgan fingerprint density at radius 2 is 1.61 bits per heavy atom. The summed E-state index contributed by atoms with van der Waals surface area (Å²) in [5.41, 5.74) is 1.71. The summed E-state index contributed by atoms with van der Waals surface area (Å²) >= 11 is 3.42. The molecule has 0 spiro atoms. The Morgan fingerprint density at radius 1 is 0.914 bits per heavy atom. The molecule has 4 saturated heterocycles. The number of alkyl halides is 3. The van der Waals surface area contributed by atoms with Crippen molar-refractivity contribution in [2.45, 2.75) is 63.6 Å². The van der Waals surface area contributed by atoms with Crippen LogP contribution in [0.1, 0.15) is 60.8 Å². The van der Waals surface area contributed by atoms with Crippen molar-refractivity contribution in [3.05, 3.63) is 81.0 Å². The van der Waals surface area contributed by atoms with Crippen LogP contribution < -0.4 is 34.8 Å². The molecule has 1 atom stereocenters. The Hall–Kier alpha value is -5.81. The standard InChI is InChI=1S/C47H52BrF5N10O6S/c1-4-26-19-37(56-46-54-23-33(48)43(58-46)55-36-7-6-32(47(51,52)53)30-11-14-63(42(30)36)70(3,67)68)39(69-2)22-38(26)60-12-9-28(10-13-60)59-15-17-61(18-16-59)45(66)27-24-62(25-27)29-20-34(49)41(35(50)21-29)31-5-8-40(64)57-44(31)65/h6-7,19-23,27-28,31H,4-5,8-18,24-25H2,1-3H3,(H,57,64,65)(H2,54,55,56,58)/t31-/m1/s1. The summed E-state index contributed by atoms with van der Waals surface area (Å²) in [6.07, 6.45) is 0.243. The number of methoxy groups -OCH3 is 1. The van der Waals surface area contributed by atoms with Gasteiger partial charge in [0.05, 0.1) is 52.3 Å². The lowest BCUT2D eigenvalue weighted by molar-refractivity contribution is -0.139. The van der Waals surface area contributed by atoms with Crippen molar-refractivity contribution in [3.8, 4) is 5.75 Å². The van der Waals surface area contributed by atoms with Crippen LogP contribution in [0, 0.1) is 17.6 Å². The van der Waals surface area contributed by atoms with E-state index in [0.717, 1.165) is 66.9 Å². The fourth-order valence-corrected chi connectivity index (χ4v) is 11.6. The van der Waals surface area contributed by atoms with E-state index in [0.29, 0.717) is 60.2 Å². The number of fused-ring (bicyclic) bond motifs is 1. The minimum absolute atomic E-state index is 0.00754. The predicted octanol–water partition coefficient (Wildman–Crippen LogP) is 6.69. The van der Waals surface area contributed by atoms with Gasteiger partial charge in [0, 0.05) is 101 Å². The second kappa shape index (κ2) is 19.4. The normalized spacial score (nSPS) is 19.5. The van der Waals surface area contributed by atoms with Crippen LogP contribution in [-0.4, -0.2) is 124 Å². The third-order valence-electron chi connectivity index (χ3n) is 14.0. The largest absolute Gasteiger partial charge is 0.494 e. The molecule has 5 aliphatic rings. The van der Waals surface area contributed by atoms with Gasteiger partial charge in [-0.25, -0.2) is 22.2 Å². The van der Waals surface area contributed by atoms with Crippen molar-refractivity contribution >= 4 is 83.9 Å². The van der Waals surface area contributed by atoms with Crippen LogP contribution in [0.3, 0.4) is 0 Å². The molecule has 0 aliphatic carbocycles. The maximum atomic E-state index is 15.2. The molecule has 3 aromatic carbocycles. The second-order valence-corrected chi connectivity index (χ2v) is 21.0. The Bertz CT molecular complexity index is 2810. The van der Waals surface area contributed by atoms with Crippen LogP contribution in [0.15, 0.2) is 47.1 Å². The number of carbonyl (C=O) groups is 3. The van der Waals surface area contributed by atoms with E-state index in [-0.39, 0.29) is 71.9 Å². The number of hydrogen-bond acceptors (Lipinski definition) is 13. The number of nitrogens with one attached hydrogen (secondary N) is 3. The van der Waals surface area contributed by atoms with Crippen molar-refractivity contribution in [2.24, 2.45) is 5.92 Å². The molecule has 0 saturated carbocycles. The van der Waals surface area contributed by atoms with Gasteiger partial charge in [-0.2, -0.15) is 18.2 Å². The number of halogens is 6. The molecule has 374 valence electrons. The van der Waals surface area contributed by atoms with Gasteiger partial charge in [0.1, 0.15) is 23.2 Å². The van der Waals surface area contributed by atoms with E-state index in [2.05, 4.69) is 58.6 Å². The molecule has 23 heteroatoms. The van der Waals surface area contributed by atoms with E-state index in [4.69, 9.17) is 4.74 Å². The van der Waals surface area contributed by atoms with Gasteiger partial charge < -0.3 is 30.1 Å². The zero-order chi connectivity index (χ0) is 49.8. The Balaban J connectivity index is 0.793. The highest BCUT2D eigenvalue weighted by atomic mass is 79.9. The summed E-state index contributed by atoms with van der Waals surface area (Å²) in [5, 5.41) is 8.42. The van der Waals surface area contributed by atoms with Gasteiger partial charge in [0.15, 0.2) is 0 Å². The number of aromatic nitrogens is 2. The zero-order valence-corrected chi connectivity index (χ0v) is 41.0. The Labute approximate surface area is 410 Å². The van der Waals surface area contributed by atoms with Crippen molar-refractivity contribution in [1.82, 2.24) is 25.1 Å². The van der Waals surface area contributed by atoms with E-state index < -0.39 is 51.1 Å². The number of aryl methyl sites for hydroxylation is 1. The van der Waals surface area contributed by atoms with Gasteiger partial charge >= 0.3 is 6.18 Å². The summed E-state index contributed by atoms with van der Waals surface area (Å²) in [4.78, 5) is 54.8. The fraction of sp³-hybridized carbons (Fsp3) is 0.468. The van der Waals surface area contributed by atoms with Gasteiger partial charge in [-0.05, 0) is 89.5 Å². The monoisotopic (exact) mass is 1060 g/mol. The quantitative estimate of drug-likeness (QED) is 0.101. The Kier molecular flexibility index (Phi) is 13.6. The molecule has 9 rings (SSSR count). The van der Waals surface area contributed by atoms with Crippen LogP contribution >= 0.6 is 15.9 Å². The molecule has 5 aliphatic heterocycles. The van der Waals surface area contributed by atoms with E-state index in [9.17, 15) is 36.0 Å². The summed E-state index contributed by atoms with van der Waals surface area (Å²) in [6.45, 7) is 6.85. The number of piperazine rings is 1. The van der Waals surface area contributed by atoms with Gasteiger partial charge in [-0.3, -0.25) is 28.9 Å². The average molecular weight is 1060 g/mol. The molecular weight excluding hydrogens is 1010 g/mol. The minimum atomic E-state index is -4.67. The molecule has 0 bridgehead atoms. The number of sulfonamides is 1. The summed E-state index contributed by atoms with van der Waals surface area (Å²) in [7, 11) is -2.33. The van der Waals surface area contributed by atoms with Gasteiger partial charge in [0.2, 0.25) is 33.7 Å². The lowest BCUT2D eigenvalue weighted by Gasteiger charge is -2.46. The highest BCUT2D eigenvalue weighted by Gasteiger charge is 2.42. The lowest BCUT2D eigenvalue weighted by Crippen LogP contribution is -2.59.